The minimum absolute atomic E-state index is 0.203. The normalized spacial score (nSPS) is 19.1. The van der Waals surface area contributed by atoms with Gasteiger partial charge >= 0.3 is 5.97 Å². The fourth-order valence-electron chi connectivity index (χ4n) is 2.30. The predicted octanol–water partition coefficient (Wildman–Crippen LogP) is 0.933. The summed E-state index contributed by atoms with van der Waals surface area (Å²) in [7, 11) is 2.09. The molecule has 1 saturated heterocycles. The highest BCUT2D eigenvalue weighted by Crippen LogP contribution is 2.21. The Kier molecular flexibility index (Phi) is 4.87. The number of rotatable bonds is 4. The Morgan fingerprint density at radius 2 is 2.11 bits per heavy atom. The average Bonchev–Trinajstić information content (AvgIpc) is 2.43. The maximum Gasteiger partial charge on any atom is 0.329 e. The molecular weight excluding hydrogens is 242 g/mol. The summed E-state index contributed by atoms with van der Waals surface area (Å²) in [6.45, 7) is 5.87. The summed E-state index contributed by atoms with van der Waals surface area (Å²) in [5.74, 6) is -0.203. The quantitative estimate of drug-likeness (QED) is 0.756. The number of hydrogen-bond acceptors (Lipinski definition) is 5. The third-order valence-electron chi connectivity index (χ3n) is 3.38. The fourth-order valence-corrected chi connectivity index (χ4v) is 2.30. The standard InChI is InChI=1S/C14H21N3O2/c1-3-19-14(18)13(12-6-4-5-7-15-12)17-10-8-16(2)9-11-17/h4-7,13H,3,8-11H2,1-2H3. The summed E-state index contributed by atoms with van der Waals surface area (Å²) in [5, 5.41) is 0. The Morgan fingerprint density at radius 3 is 2.68 bits per heavy atom. The Hall–Kier alpha value is -1.46. The van der Waals surface area contributed by atoms with Gasteiger partial charge in [-0.2, -0.15) is 0 Å². The van der Waals surface area contributed by atoms with Gasteiger partial charge in [0.15, 0.2) is 6.04 Å². The SMILES string of the molecule is CCOC(=O)C(c1ccccn1)N1CCN(C)CC1. The summed E-state index contributed by atoms with van der Waals surface area (Å²) in [6.07, 6.45) is 1.72. The number of likely N-dealkylation sites (N-methyl/N-ethyl adjacent to an activating group) is 1. The third-order valence-corrected chi connectivity index (χ3v) is 3.38. The zero-order valence-corrected chi connectivity index (χ0v) is 11.6. The molecule has 1 unspecified atom stereocenters. The number of ether oxygens (including phenoxy) is 1. The monoisotopic (exact) mass is 263 g/mol. The van der Waals surface area contributed by atoms with Crippen molar-refractivity contribution in [1.29, 1.82) is 0 Å². The van der Waals surface area contributed by atoms with E-state index in [2.05, 4.69) is 21.8 Å². The smallest absolute Gasteiger partial charge is 0.329 e. The van der Waals surface area contributed by atoms with Crippen LogP contribution in [0.3, 0.4) is 0 Å². The molecule has 2 heterocycles. The number of esters is 1. The molecule has 0 amide bonds. The molecule has 19 heavy (non-hydrogen) atoms. The first-order valence-electron chi connectivity index (χ1n) is 6.72. The fraction of sp³-hybridized carbons (Fsp3) is 0.571. The van der Waals surface area contributed by atoms with Gasteiger partial charge in [-0.1, -0.05) is 6.07 Å². The highest BCUT2D eigenvalue weighted by atomic mass is 16.5. The number of aromatic nitrogens is 1. The van der Waals surface area contributed by atoms with Crippen LogP contribution in [0.25, 0.3) is 0 Å². The molecule has 2 rings (SSSR count). The van der Waals surface area contributed by atoms with Crippen molar-refractivity contribution in [3.05, 3.63) is 30.1 Å². The largest absolute Gasteiger partial charge is 0.465 e. The van der Waals surface area contributed by atoms with Gasteiger partial charge in [0.1, 0.15) is 0 Å². The molecule has 104 valence electrons. The van der Waals surface area contributed by atoms with E-state index in [9.17, 15) is 4.79 Å². The summed E-state index contributed by atoms with van der Waals surface area (Å²) in [4.78, 5) is 20.9. The highest BCUT2D eigenvalue weighted by Gasteiger charge is 2.31. The zero-order chi connectivity index (χ0) is 13.7. The van der Waals surface area contributed by atoms with Gasteiger partial charge in [-0.25, -0.2) is 4.79 Å². The van der Waals surface area contributed by atoms with Crippen molar-refractivity contribution < 1.29 is 9.53 Å². The Labute approximate surface area is 114 Å². The van der Waals surface area contributed by atoms with Gasteiger partial charge in [0.05, 0.1) is 12.3 Å². The van der Waals surface area contributed by atoms with Crippen LogP contribution < -0.4 is 0 Å². The van der Waals surface area contributed by atoms with Crippen molar-refractivity contribution in [2.75, 3.05) is 39.8 Å². The van der Waals surface area contributed by atoms with Crippen LogP contribution in [0, 0.1) is 0 Å². The number of carbonyl (C=O) groups excluding carboxylic acids is 1. The van der Waals surface area contributed by atoms with E-state index in [4.69, 9.17) is 4.74 Å². The van der Waals surface area contributed by atoms with Gasteiger partial charge in [0, 0.05) is 32.4 Å². The molecule has 0 saturated carbocycles. The van der Waals surface area contributed by atoms with Gasteiger partial charge in [0.25, 0.3) is 0 Å². The van der Waals surface area contributed by atoms with E-state index in [0.717, 1.165) is 31.9 Å². The van der Waals surface area contributed by atoms with Crippen molar-refractivity contribution >= 4 is 5.97 Å². The van der Waals surface area contributed by atoms with Gasteiger partial charge in [-0.05, 0) is 26.1 Å². The number of carbonyl (C=O) groups is 1. The molecule has 5 nitrogen and oxygen atoms in total. The molecule has 0 bridgehead atoms. The van der Waals surface area contributed by atoms with Crippen molar-refractivity contribution in [3.8, 4) is 0 Å². The third kappa shape index (κ3) is 3.52. The molecule has 1 aromatic heterocycles. The minimum Gasteiger partial charge on any atom is -0.465 e. The lowest BCUT2D eigenvalue weighted by Crippen LogP contribution is -2.48. The molecule has 5 heteroatoms. The molecule has 0 aromatic carbocycles. The number of hydrogen-bond donors (Lipinski definition) is 0. The molecular formula is C14H21N3O2. The van der Waals surface area contributed by atoms with Crippen LogP contribution >= 0.6 is 0 Å². The van der Waals surface area contributed by atoms with Crippen molar-refractivity contribution in [3.63, 3.8) is 0 Å². The van der Waals surface area contributed by atoms with Gasteiger partial charge in [0.2, 0.25) is 0 Å². The maximum absolute atomic E-state index is 12.2. The van der Waals surface area contributed by atoms with Gasteiger partial charge in [-0.15, -0.1) is 0 Å². The van der Waals surface area contributed by atoms with Crippen LogP contribution in [-0.4, -0.2) is 60.6 Å². The summed E-state index contributed by atoms with van der Waals surface area (Å²) >= 11 is 0. The first kappa shape index (κ1) is 14.0. The molecule has 1 fully saturated rings. The van der Waals surface area contributed by atoms with E-state index in [1.54, 1.807) is 6.20 Å². The van der Waals surface area contributed by atoms with E-state index in [1.807, 2.05) is 25.1 Å². The Bertz CT molecular complexity index is 402. The first-order valence-corrected chi connectivity index (χ1v) is 6.72. The van der Waals surface area contributed by atoms with E-state index >= 15 is 0 Å². The summed E-state index contributed by atoms with van der Waals surface area (Å²) < 4.78 is 5.20. The first-order chi connectivity index (χ1) is 9.22. The van der Waals surface area contributed by atoms with Gasteiger partial charge in [-0.3, -0.25) is 9.88 Å². The van der Waals surface area contributed by atoms with E-state index in [0.29, 0.717) is 6.61 Å². The molecule has 0 radical (unpaired) electrons. The van der Waals surface area contributed by atoms with Crippen molar-refractivity contribution in [2.24, 2.45) is 0 Å². The van der Waals surface area contributed by atoms with E-state index in [1.165, 1.54) is 0 Å². The summed E-state index contributed by atoms with van der Waals surface area (Å²) in [5.41, 5.74) is 0.769. The number of piperazine rings is 1. The van der Waals surface area contributed by atoms with Crippen molar-refractivity contribution in [1.82, 2.24) is 14.8 Å². The number of pyridine rings is 1. The topological polar surface area (TPSA) is 45.7 Å². The molecule has 0 N–H and O–H groups in total. The van der Waals surface area contributed by atoms with Crippen LogP contribution in [0.4, 0.5) is 0 Å². The molecule has 0 aliphatic carbocycles. The van der Waals surface area contributed by atoms with Crippen LogP contribution in [0.1, 0.15) is 18.7 Å². The molecule has 0 spiro atoms. The Morgan fingerprint density at radius 1 is 1.37 bits per heavy atom. The predicted molar refractivity (Wildman–Crippen MR) is 72.7 cm³/mol. The second-order valence-electron chi connectivity index (χ2n) is 4.75. The van der Waals surface area contributed by atoms with Crippen LogP contribution in [0.2, 0.25) is 0 Å². The lowest BCUT2D eigenvalue weighted by atomic mass is 10.1. The van der Waals surface area contributed by atoms with Gasteiger partial charge < -0.3 is 9.64 Å². The minimum atomic E-state index is -0.380. The molecule has 1 aromatic rings. The molecule has 1 atom stereocenters. The zero-order valence-electron chi connectivity index (χ0n) is 11.6. The maximum atomic E-state index is 12.2. The average molecular weight is 263 g/mol. The Balaban J connectivity index is 2.17. The summed E-state index contributed by atoms with van der Waals surface area (Å²) in [6, 6.07) is 5.27. The van der Waals surface area contributed by atoms with Crippen LogP contribution in [-0.2, 0) is 9.53 Å². The molecule has 1 aliphatic heterocycles. The van der Waals surface area contributed by atoms with E-state index < -0.39 is 0 Å². The highest BCUT2D eigenvalue weighted by molar-refractivity contribution is 5.77. The lowest BCUT2D eigenvalue weighted by Gasteiger charge is -2.36. The number of nitrogens with zero attached hydrogens (tertiary/aromatic N) is 3. The van der Waals surface area contributed by atoms with Crippen molar-refractivity contribution in [2.45, 2.75) is 13.0 Å². The second-order valence-corrected chi connectivity index (χ2v) is 4.75. The van der Waals surface area contributed by atoms with Crippen LogP contribution in [0.15, 0.2) is 24.4 Å². The lowest BCUT2D eigenvalue weighted by molar-refractivity contribution is -0.150. The second kappa shape index (κ2) is 6.63. The van der Waals surface area contributed by atoms with Crippen LogP contribution in [0.5, 0.6) is 0 Å². The molecule has 1 aliphatic rings. The van der Waals surface area contributed by atoms with E-state index in [-0.39, 0.29) is 12.0 Å².